The van der Waals surface area contributed by atoms with Crippen LogP contribution in [0.25, 0.3) is 5.69 Å². The first kappa shape index (κ1) is 22.1. The van der Waals surface area contributed by atoms with Crippen molar-refractivity contribution in [3.8, 4) is 11.4 Å². The number of hydrogen-bond donors (Lipinski definition) is 2. The number of benzene rings is 2. The molecule has 7 heteroatoms. The van der Waals surface area contributed by atoms with Gasteiger partial charge in [-0.05, 0) is 56.0 Å². The summed E-state index contributed by atoms with van der Waals surface area (Å²) in [6, 6.07) is 15.2. The van der Waals surface area contributed by atoms with Gasteiger partial charge in [-0.25, -0.2) is 10.1 Å². The lowest BCUT2D eigenvalue weighted by atomic mass is 10.0. The molecule has 2 aromatic carbocycles. The van der Waals surface area contributed by atoms with Crippen molar-refractivity contribution < 1.29 is 9.53 Å². The van der Waals surface area contributed by atoms with Crippen LogP contribution >= 0.6 is 0 Å². The van der Waals surface area contributed by atoms with E-state index in [1.165, 1.54) is 4.68 Å². The van der Waals surface area contributed by atoms with E-state index in [0.29, 0.717) is 22.7 Å². The van der Waals surface area contributed by atoms with E-state index in [1.54, 1.807) is 13.8 Å². The zero-order chi connectivity index (χ0) is 22.5. The first-order valence-corrected chi connectivity index (χ1v) is 10.2. The largest absolute Gasteiger partial charge is 0.483 e. The molecule has 0 aliphatic rings. The number of ether oxygens (including phenoxy) is 1. The van der Waals surface area contributed by atoms with Crippen LogP contribution in [0.5, 0.6) is 5.75 Å². The third-order valence-electron chi connectivity index (χ3n) is 4.95. The number of H-pyrrole nitrogens is 1. The molecule has 0 saturated carbocycles. The van der Waals surface area contributed by atoms with E-state index in [9.17, 15) is 9.59 Å². The zero-order valence-electron chi connectivity index (χ0n) is 18.5. The number of amides is 1. The van der Waals surface area contributed by atoms with E-state index >= 15 is 0 Å². The van der Waals surface area contributed by atoms with E-state index in [-0.39, 0.29) is 18.1 Å². The van der Waals surface area contributed by atoms with Crippen molar-refractivity contribution in [2.45, 2.75) is 40.5 Å². The number of aromatic nitrogens is 2. The number of aryl methyl sites for hydroxylation is 2. The second-order valence-corrected chi connectivity index (χ2v) is 7.80. The maximum absolute atomic E-state index is 12.8. The summed E-state index contributed by atoms with van der Waals surface area (Å²) in [7, 11) is 0. The summed E-state index contributed by atoms with van der Waals surface area (Å²) in [5.74, 6) is 0.576. The van der Waals surface area contributed by atoms with Gasteiger partial charge in [0.15, 0.2) is 6.61 Å². The molecule has 0 aliphatic heterocycles. The molecular weight excluding hydrogens is 392 g/mol. The molecule has 3 rings (SSSR count). The molecule has 0 radical (unpaired) electrons. The number of aromatic amines is 1. The van der Waals surface area contributed by atoms with E-state index in [0.717, 1.165) is 16.8 Å². The summed E-state index contributed by atoms with van der Waals surface area (Å²) < 4.78 is 7.19. The summed E-state index contributed by atoms with van der Waals surface area (Å²) >= 11 is 0. The van der Waals surface area contributed by atoms with Gasteiger partial charge in [-0.1, -0.05) is 44.2 Å². The lowest BCUT2D eigenvalue weighted by Gasteiger charge is -2.14. The fourth-order valence-corrected chi connectivity index (χ4v) is 3.35. The maximum Gasteiger partial charge on any atom is 0.280 e. The molecule has 1 aromatic heterocycles. The van der Waals surface area contributed by atoms with Gasteiger partial charge in [-0.15, -0.1) is 0 Å². The van der Waals surface area contributed by atoms with Gasteiger partial charge in [0.05, 0.1) is 17.0 Å². The third kappa shape index (κ3) is 5.12. The monoisotopic (exact) mass is 420 g/mol. The highest BCUT2D eigenvalue weighted by Gasteiger charge is 2.16. The molecule has 0 atom stereocenters. The van der Waals surface area contributed by atoms with Crippen LogP contribution < -0.4 is 15.7 Å². The number of rotatable bonds is 7. The smallest absolute Gasteiger partial charge is 0.280 e. The fourth-order valence-electron chi connectivity index (χ4n) is 3.35. The Bertz CT molecular complexity index is 1160. The topological polar surface area (TPSA) is 88.5 Å². The van der Waals surface area contributed by atoms with Crippen molar-refractivity contribution in [3.63, 3.8) is 0 Å². The molecule has 3 aromatic rings. The number of carbonyl (C=O) groups is 1. The molecule has 0 fully saturated rings. The lowest BCUT2D eigenvalue weighted by molar-refractivity contribution is -0.123. The van der Waals surface area contributed by atoms with Crippen molar-refractivity contribution in [1.29, 1.82) is 0 Å². The van der Waals surface area contributed by atoms with Crippen LogP contribution in [0.3, 0.4) is 0 Å². The first-order chi connectivity index (χ1) is 14.8. The summed E-state index contributed by atoms with van der Waals surface area (Å²) in [4.78, 5) is 25.1. The average Bonchev–Trinajstić information content (AvgIpc) is 3.05. The second kappa shape index (κ2) is 9.47. The number of carbonyl (C=O) groups excluding carboxylic acids is 1. The Morgan fingerprint density at radius 2 is 1.87 bits per heavy atom. The van der Waals surface area contributed by atoms with Gasteiger partial charge in [0, 0.05) is 5.69 Å². The summed E-state index contributed by atoms with van der Waals surface area (Å²) in [6.45, 7) is 9.45. The SMILES string of the molecule is CC(=NNC(=O)COc1cc(C)ccc1C(C)C)c1c(C)[nH]n(-c2ccccc2)c1=O. The molecule has 0 aliphatic carbocycles. The van der Waals surface area contributed by atoms with Crippen molar-refractivity contribution in [1.82, 2.24) is 15.2 Å². The highest BCUT2D eigenvalue weighted by Crippen LogP contribution is 2.27. The highest BCUT2D eigenvalue weighted by atomic mass is 16.5. The molecule has 0 unspecified atom stereocenters. The van der Waals surface area contributed by atoms with Crippen LogP contribution in [0.2, 0.25) is 0 Å². The molecule has 0 saturated heterocycles. The predicted octanol–water partition coefficient (Wildman–Crippen LogP) is 3.83. The lowest BCUT2D eigenvalue weighted by Crippen LogP contribution is -2.27. The standard InChI is InChI=1S/C24H28N4O3/c1-15(2)20-12-11-16(3)13-21(20)31-14-22(29)26-25-17(4)23-18(5)27-28(24(23)30)19-9-7-6-8-10-19/h6-13,15,27H,14H2,1-5H3,(H,26,29). The quantitative estimate of drug-likeness (QED) is 0.450. The van der Waals surface area contributed by atoms with Crippen LogP contribution in [0.1, 0.15) is 49.1 Å². The van der Waals surface area contributed by atoms with Gasteiger partial charge in [-0.2, -0.15) is 5.10 Å². The fraction of sp³-hybridized carbons (Fsp3) is 0.292. The Morgan fingerprint density at radius 3 is 2.55 bits per heavy atom. The van der Waals surface area contributed by atoms with Crippen LogP contribution in [-0.2, 0) is 4.79 Å². The van der Waals surface area contributed by atoms with Crippen LogP contribution in [-0.4, -0.2) is 28.0 Å². The molecule has 7 nitrogen and oxygen atoms in total. The molecule has 1 heterocycles. The third-order valence-corrected chi connectivity index (χ3v) is 4.95. The summed E-state index contributed by atoms with van der Waals surface area (Å²) in [5, 5.41) is 7.17. The Morgan fingerprint density at radius 1 is 1.16 bits per heavy atom. The van der Waals surface area contributed by atoms with Gasteiger partial charge in [-0.3, -0.25) is 14.7 Å². The maximum atomic E-state index is 12.8. The number of para-hydroxylation sites is 1. The number of hydrogen-bond acceptors (Lipinski definition) is 4. The van der Waals surface area contributed by atoms with E-state index < -0.39 is 5.91 Å². The Hall–Kier alpha value is -3.61. The molecule has 31 heavy (non-hydrogen) atoms. The van der Waals surface area contributed by atoms with E-state index in [4.69, 9.17) is 4.74 Å². The number of nitrogens with zero attached hydrogens (tertiary/aromatic N) is 2. The Balaban J connectivity index is 1.70. The van der Waals surface area contributed by atoms with Crippen molar-refractivity contribution >= 4 is 11.6 Å². The average molecular weight is 421 g/mol. The van der Waals surface area contributed by atoms with E-state index in [2.05, 4.69) is 29.5 Å². The molecule has 0 spiro atoms. The Kier molecular flexibility index (Phi) is 6.74. The highest BCUT2D eigenvalue weighted by molar-refractivity contribution is 6.00. The first-order valence-electron chi connectivity index (χ1n) is 10.2. The minimum atomic E-state index is -0.396. The van der Waals surface area contributed by atoms with Crippen molar-refractivity contribution in [2.24, 2.45) is 5.10 Å². The van der Waals surface area contributed by atoms with Crippen LogP contribution in [0.4, 0.5) is 0 Å². The van der Waals surface area contributed by atoms with E-state index in [1.807, 2.05) is 55.5 Å². The van der Waals surface area contributed by atoms with Gasteiger partial charge >= 0.3 is 0 Å². The molecule has 2 N–H and O–H groups in total. The Labute approximate surface area is 181 Å². The molecule has 0 bridgehead atoms. The predicted molar refractivity (Wildman–Crippen MR) is 122 cm³/mol. The van der Waals surface area contributed by atoms with Gasteiger partial charge in [0.1, 0.15) is 5.75 Å². The normalized spacial score (nSPS) is 11.6. The van der Waals surface area contributed by atoms with Gasteiger partial charge in [0.25, 0.3) is 11.5 Å². The number of hydrazone groups is 1. The molecule has 162 valence electrons. The minimum absolute atomic E-state index is 0.166. The summed E-state index contributed by atoms with van der Waals surface area (Å²) in [5.41, 5.74) is 6.60. The second-order valence-electron chi connectivity index (χ2n) is 7.80. The van der Waals surface area contributed by atoms with Crippen LogP contribution in [0, 0.1) is 13.8 Å². The van der Waals surface area contributed by atoms with Crippen molar-refractivity contribution in [2.75, 3.05) is 6.61 Å². The number of nitrogens with one attached hydrogen (secondary N) is 2. The molecular formula is C24H28N4O3. The summed E-state index contributed by atoms with van der Waals surface area (Å²) in [6.07, 6.45) is 0. The van der Waals surface area contributed by atoms with Gasteiger partial charge in [0.2, 0.25) is 0 Å². The minimum Gasteiger partial charge on any atom is -0.483 e. The zero-order valence-corrected chi connectivity index (χ0v) is 18.5. The van der Waals surface area contributed by atoms with Crippen LogP contribution in [0.15, 0.2) is 58.4 Å². The van der Waals surface area contributed by atoms with Gasteiger partial charge < -0.3 is 4.74 Å². The molecule has 1 amide bonds. The van der Waals surface area contributed by atoms with Crippen molar-refractivity contribution in [3.05, 3.63) is 81.3 Å².